The Morgan fingerprint density at radius 1 is 0.750 bits per heavy atom. The van der Waals surface area contributed by atoms with Crippen LogP contribution < -0.4 is 14.2 Å². The highest BCUT2D eigenvalue weighted by Crippen LogP contribution is 2.31. The second-order valence-electron chi connectivity index (χ2n) is 10.3. The highest BCUT2D eigenvalue weighted by atomic mass is 32.2. The number of carbonyl (C=O) groups is 3. The molecule has 0 aromatic heterocycles. The molecule has 0 radical (unpaired) electrons. The van der Waals surface area contributed by atoms with Gasteiger partial charge in [0.2, 0.25) is 0 Å². The predicted molar refractivity (Wildman–Crippen MR) is 174 cm³/mol. The zero-order valence-electron chi connectivity index (χ0n) is 25.7. The van der Waals surface area contributed by atoms with Gasteiger partial charge in [-0.3, -0.25) is 0 Å². The first-order valence-electron chi connectivity index (χ1n) is 15.2. The maximum atomic E-state index is 12.8. The van der Waals surface area contributed by atoms with E-state index in [2.05, 4.69) is 13.5 Å². The topological polar surface area (TPSA) is 88.1 Å². The number of hydrogen-bond donors (Lipinski definition) is 0. The molecular formula is C36H42O7S. The number of hydrogen-bond acceptors (Lipinski definition) is 8. The van der Waals surface area contributed by atoms with Crippen LogP contribution in [-0.2, 0) is 16.0 Å². The van der Waals surface area contributed by atoms with Crippen LogP contribution in [0.4, 0.5) is 0 Å². The maximum Gasteiger partial charge on any atom is 0.343 e. The molecule has 7 nitrogen and oxygen atoms in total. The number of methoxy groups -OCH3 is 1. The van der Waals surface area contributed by atoms with Crippen molar-refractivity contribution in [1.82, 2.24) is 0 Å². The minimum absolute atomic E-state index is 0.306. The molecule has 0 spiro atoms. The Labute approximate surface area is 264 Å². The molecule has 0 aliphatic carbocycles. The molecule has 8 heteroatoms. The number of esters is 3. The van der Waals surface area contributed by atoms with Crippen LogP contribution in [0.15, 0.2) is 84.3 Å². The van der Waals surface area contributed by atoms with E-state index in [9.17, 15) is 14.4 Å². The third-order valence-corrected chi connectivity index (χ3v) is 8.00. The monoisotopic (exact) mass is 618 g/mol. The second-order valence-corrected chi connectivity index (χ2v) is 11.4. The lowest BCUT2D eigenvalue weighted by Gasteiger charge is -2.11. The summed E-state index contributed by atoms with van der Waals surface area (Å²) >= 11 is 1.59. The van der Waals surface area contributed by atoms with Gasteiger partial charge in [-0.05, 0) is 91.6 Å². The van der Waals surface area contributed by atoms with Crippen molar-refractivity contribution in [1.29, 1.82) is 0 Å². The summed E-state index contributed by atoms with van der Waals surface area (Å²) in [5.41, 5.74) is 1.92. The summed E-state index contributed by atoms with van der Waals surface area (Å²) in [7, 11) is 1.55. The highest BCUT2D eigenvalue weighted by molar-refractivity contribution is 7.99. The quantitative estimate of drug-likeness (QED) is 0.0434. The lowest BCUT2D eigenvalue weighted by Crippen LogP contribution is -2.10. The van der Waals surface area contributed by atoms with Gasteiger partial charge in [-0.1, -0.05) is 57.7 Å². The molecular weight excluding hydrogens is 576 g/mol. The smallest absolute Gasteiger partial charge is 0.343 e. The molecule has 0 unspecified atom stereocenters. The van der Waals surface area contributed by atoms with Crippen molar-refractivity contribution in [3.8, 4) is 17.2 Å². The lowest BCUT2D eigenvalue weighted by atomic mass is 10.0. The van der Waals surface area contributed by atoms with E-state index >= 15 is 0 Å². The van der Waals surface area contributed by atoms with Crippen molar-refractivity contribution in [2.75, 3.05) is 19.5 Å². The Kier molecular flexibility index (Phi) is 15.1. The van der Waals surface area contributed by atoms with Crippen LogP contribution in [0.2, 0.25) is 0 Å². The molecule has 0 saturated heterocycles. The van der Waals surface area contributed by atoms with E-state index in [1.54, 1.807) is 55.3 Å². The fraction of sp³-hybridized carbons (Fsp3) is 0.361. The third-order valence-electron chi connectivity index (χ3n) is 6.86. The molecule has 0 N–H and O–H groups in total. The Balaban J connectivity index is 1.45. The van der Waals surface area contributed by atoms with Crippen LogP contribution in [0.1, 0.15) is 84.6 Å². The van der Waals surface area contributed by atoms with Crippen LogP contribution >= 0.6 is 11.8 Å². The van der Waals surface area contributed by atoms with Gasteiger partial charge < -0.3 is 18.9 Å². The van der Waals surface area contributed by atoms with Gasteiger partial charge in [0.1, 0.15) is 17.2 Å². The van der Waals surface area contributed by atoms with Crippen molar-refractivity contribution in [2.24, 2.45) is 0 Å². The largest absolute Gasteiger partial charge is 0.496 e. The van der Waals surface area contributed by atoms with E-state index in [0.29, 0.717) is 35.0 Å². The zero-order chi connectivity index (χ0) is 31.6. The SMILES string of the molecule is C=CC(=O)OCCCCSc1ccc(C(=O)Oc2ccc(C(=O)Oc3ccc(CCCCCCCC)cc3)cc2)cc1OC. The highest BCUT2D eigenvalue weighted by Gasteiger charge is 2.14. The van der Waals surface area contributed by atoms with E-state index in [0.717, 1.165) is 42.4 Å². The van der Waals surface area contributed by atoms with Crippen molar-refractivity contribution in [2.45, 2.75) is 69.6 Å². The average Bonchev–Trinajstić information content (AvgIpc) is 3.05. The molecule has 3 aromatic carbocycles. The average molecular weight is 619 g/mol. The molecule has 0 fully saturated rings. The first-order chi connectivity index (χ1) is 21.4. The number of aryl methyl sites for hydroxylation is 1. The predicted octanol–water partition coefficient (Wildman–Crippen LogP) is 8.64. The fourth-order valence-electron chi connectivity index (χ4n) is 4.36. The standard InChI is InChI=1S/C36H42O7S/c1-4-6-7-8-9-10-13-27-14-19-30(20-15-27)42-35(38)28-16-21-31(22-17-28)43-36(39)29-18-23-33(32(26-29)40-3)44-25-12-11-24-41-34(37)5-2/h5,14-23,26H,2,4,6-13,24-25H2,1,3H3. The second kappa shape index (κ2) is 19.3. The molecule has 3 rings (SSSR count). The Hall–Kier alpha value is -4.04. The summed E-state index contributed by atoms with van der Waals surface area (Å²) in [5.74, 6) is 0.710. The van der Waals surface area contributed by atoms with Gasteiger partial charge >= 0.3 is 17.9 Å². The molecule has 44 heavy (non-hydrogen) atoms. The van der Waals surface area contributed by atoms with Crippen LogP contribution in [0.3, 0.4) is 0 Å². The van der Waals surface area contributed by atoms with E-state index in [1.807, 2.05) is 30.3 Å². The number of rotatable bonds is 19. The van der Waals surface area contributed by atoms with E-state index in [1.165, 1.54) is 37.7 Å². The van der Waals surface area contributed by atoms with Gasteiger partial charge in [0.15, 0.2) is 0 Å². The molecule has 0 aliphatic heterocycles. The summed E-state index contributed by atoms with van der Waals surface area (Å²) in [6.45, 7) is 5.95. The number of thioether (sulfide) groups is 1. The van der Waals surface area contributed by atoms with Gasteiger partial charge in [0, 0.05) is 11.0 Å². The molecule has 3 aromatic rings. The van der Waals surface area contributed by atoms with Gasteiger partial charge in [-0.15, -0.1) is 11.8 Å². The summed E-state index contributed by atoms with van der Waals surface area (Å²) in [4.78, 5) is 37.4. The minimum atomic E-state index is -0.541. The van der Waals surface area contributed by atoms with Crippen LogP contribution in [-0.4, -0.2) is 37.4 Å². The molecule has 0 aliphatic rings. The lowest BCUT2D eigenvalue weighted by molar-refractivity contribution is -0.137. The molecule has 0 amide bonds. The maximum absolute atomic E-state index is 12.8. The van der Waals surface area contributed by atoms with Crippen molar-refractivity contribution >= 4 is 29.7 Å². The third kappa shape index (κ3) is 11.9. The summed E-state index contributed by atoms with van der Waals surface area (Å²) in [5, 5.41) is 0. The zero-order valence-corrected chi connectivity index (χ0v) is 26.5. The Morgan fingerprint density at radius 2 is 1.36 bits per heavy atom. The normalized spacial score (nSPS) is 10.6. The first kappa shape index (κ1) is 34.5. The van der Waals surface area contributed by atoms with Gasteiger partial charge in [-0.25, -0.2) is 14.4 Å². The first-order valence-corrected chi connectivity index (χ1v) is 16.2. The molecule has 0 heterocycles. The van der Waals surface area contributed by atoms with Crippen molar-refractivity contribution in [3.05, 3.63) is 96.1 Å². The minimum Gasteiger partial charge on any atom is -0.496 e. The van der Waals surface area contributed by atoms with E-state index in [-0.39, 0.29) is 0 Å². The van der Waals surface area contributed by atoms with Crippen molar-refractivity contribution < 1.29 is 33.3 Å². The molecule has 234 valence electrons. The number of carbonyl (C=O) groups excluding carboxylic acids is 3. The summed E-state index contributed by atoms with van der Waals surface area (Å²) < 4.78 is 21.5. The van der Waals surface area contributed by atoms with Crippen LogP contribution in [0.25, 0.3) is 0 Å². The summed E-state index contributed by atoms with van der Waals surface area (Å²) in [6.07, 6.45) is 11.3. The van der Waals surface area contributed by atoms with E-state index in [4.69, 9.17) is 18.9 Å². The molecule has 0 bridgehead atoms. The Morgan fingerprint density at radius 3 is 2.02 bits per heavy atom. The van der Waals surface area contributed by atoms with Gasteiger partial charge in [0.25, 0.3) is 0 Å². The fourth-order valence-corrected chi connectivity index (χ4v) is 5.37. The molecule has 0 saturated carbocycles. The number of unbranched alkanes of at least 4 members (excludes halogenated alkanes) is 6. The van der Waals surface area contributed by atoms with E-state index < -0.39 is 17.9 Å². The number of ether oxygens (including phenoxy) is 4. The van der Waals surface area contributed by atoms with Gasteiger partial charge in [0.05, 0.1) is 24.8 Å². The van der Waals surface area contributed by atoms with Gasteiger partial charge in [-0.2, -0.15) is 0 Å². The molecule has 0 atom stereocenters. The summed E-state index contributed by atoms with van der Waals surface area (Å²) in [6, 6.07) is 19.0. The Bertz CT molecular complexity index is 1350. The number of benzene rings is 3. The van der Waals surface area contributed by atoms with Crippen molar-refractivity contribution in [3.63, 3.8) is 0 Å². The van der Waals surface area contributed by atoms with Crippen LogP contribution in [0.5, 0.6) is 17.2 Å². The van der Waals surface area contributed by atoms with Crippen LogP contribution in [0, 0.1) is 0 Å².